The van der Waals surface area contributed by atoms with Crippen LogP contribution in [0.2, 0.25) is 0 Å². The van der Waals surface area contributed by atoms with Crippen molar-refractivity contribution in [2.75, 3.05) is 26.4 Å². The van der Waals surface area contributed by atoms with Gasteiger partial charge in [0.1, 0.15) is 11.5 Å². The molecule has 0 aliphatic carbocycles. The van der Waals surface area contributed by atoms with Crippen LogP contribution in [0.3, 0.4) is 0 Å². The van der Waals surface area contributed by atoms with Gasteiger partial charge in [0.25, 0.3) is 0 Å². The van der Waals surface area contributed by atoms with E-state index < -0.39 is 23.7 Å². The van der Waals surface area contributed by atoms with E-state index in [2.05, 4.69) is 60.7 Å². The van der Waals surface area contributed by atoms with Crippen molar-refractivity contribution in [3.8, 4) is 11.5 Å². The monoisotopic (exact) mass is 933 g/mol. The van der Waals surface area contributed by atoms with Gasteiger partial charge < -0.3 is 37.6 Å². The lowest BCUT2D eigenvalue weighted by molar-refractivity contribution is -0.142. The minimum Gasteiger partial charge on any atom is -0.493 e. The molecule has 0 radical (unpaired) electrons. The third-order valence-electron chi connectivity index (χ3n) is 11.1. The summed E-state index contributed by atoms with van der Waals surface area (Å²) in [5, 5.41) is 17.8. The van der Waals surface area contributed by atoms with E-state index in [1.807, 2.05) is 38.4 Å². The average molecular weight is 934 g/mol. The molecule has 8 aromatic rings. The Balaban J connectivity index is 0.000000244. The number of aryl methyl sites for hydroxylation is 4. The molecule has 0 saturated carbocycles. The highest BCUT2D eigenvalue weighted by Crippen LogP contribution is 2.40. The molecule has 4 heterocycles. The summed E-state index contributed by atoms with van der Waals surface area (Å²) in [6.45, 7) is 13.8. The molecule has 0 spiro atoms. The van der Waals surface area contributed by atoms with Crippen LogP contribution in [0.25, 0.3) is 48.6 Å². The van der Waals surface area contributed by atoms with E-state index in [-0.39, 0.29) is 43.4 Å². The third kappa shape index (κ3) is 11.9. The van der Waals surface area contributed by atoms with Gasteiger partial charge in [-0.05, 0) is 115 Å². The number of aromatic nitrogens is 4. The van der Waals surface area contributed by atoms with E-state index in [4.69, 9.17) is 30.2 Å². The van der Waals surface area contributed by atoms with Crippen molar-refractivity contribution >= 4 is 43.7 Å². The van der Waals surface area contributed by atoms with Gasteiger partial charge in [-0.25, -0.2) is 6.57 Å². The van der Waals surface area contributed by atoms with Crippen molar-refractivity contribution in [1.82, 2.24) is 19.4 Å². The lowest BCUT2D eigenvalue weighted by Gasteiger charge is -2.12. The van der Waals surface area contributed by atoms with Gasteiger partial charge in [0, 0.05) is 60.7 Å². The number of rotatable bonds is 18. The normalized spacial score (nSPS) is 11.6. The molecule has 0 aliphatic heterocycles. The summed E-state index contributed by atoms with van der Waals surface area (Å²) < 4.78 is 105. The van der Waals surface area contributed by atoms with Crippen LogP contribution in [0.5, 0.6) is 11.5 Å². The summed E-state index contributed by atoms with van der Waals surface area (Å²) in [4.78, 5) is 3.41. The first kappa shape index (κ1) is 51.5. The molecule has 1 N–H and O–H groups in total. The number of aliphatic hydroxyl groups is 1. The Kier molecular flexibility index (Phi) is 17.5. The zero-order valence-corrected chi connectivity index (χ0v) is 36.1. The maximum Gasteiger partial charge on any atom is 0.437 e. The van der Waals surface area contributed by atoms with E-state index in [1.54, 1.807) is 12.1 Å². The first-order valence-corrected chi connectivity index (χ1v) is 21.7. The second-order valence-corrected chi connectivity index (χ2v) is 15.7. The van der Waals surface area contributed by atoms with Gasteiger partial charge in [-0.1, -0.05) is 64.0 Å². The molecular formula is C51H57F6N5O5. The Bertz CT molecular complexity index is 2900. The number of alkyl halides is 6. The summed E-state index contributed by atoms with van der Waals surface area (Å²) in [7, 11) is 0. The fourth-order valence-corrected chi connectivity index (χ4v) is 8.08. The quantitative estimate of drug-likeness (QED) is 0.0519. The van der Waals surface area contributed by atoms with Gasteiger partial charge >= 0.3 is 12.4 Å². The molecule has 0 fully saturated rings. The molecule has 4 aromatic carbocycles. The second kappa shape index (κ2) is 22.8. The Morgan fingerprint density at radius 1 is 0.627 bits per heavy atom. The number of halogens is 6. The van der Waals surface area contributed by atoms with Crippen molar-refractivity contribution in [2.45, 2.75) is 106 Å². The molecule has 4 aromatic heterocycles. The van der Waals surface area contributed by atoms with Gasteiger partial charge in [0.15, 0.2) is 22.6 Å². The zero-order chi connectivity index (χ0) is 46.1. The SMILES string of the molecule is C.C.CCCc1c(OCCCn2ccc3cc(CCO)ccc32)ccc2c(C(F)(F)F)noc12.[C-]#[N+]CCc1ccc2c(ccn2CCCOc2ccc3c(C(F)(F)F)noc3c2CCC)c1. The van der Waals surface area contributed by atoms with Crippen molar-refractivity contribution < 1.29 is 50.0 Å². The molecular weight excluding hydrogens is 877 g/mol. The Morgan fingerprint density at radius 2 is 1.07 bits per heavy atom. The number of aliphatic hydroxyl groups excluding tert-OH is 1. The highest BCUT2D eigenvalue weighted by Gasteiger charge is 2.39. The fourth-order valence-electron chi connectivity index (χ4n) is 8.08. The first-order chi connectivity index (χ1) is 31.3. The molecule has 0 unspecified atom stereocenters. The second-order valence-electron chi connectivity index (χ2n) is 15.7. The van der Waals surface area contributed by atoms with Crippen LogP contribution in [-0.2, 0) is 51.1 Å². The van der Waals surface area contributed by atoms with Crippen LogP contribution < -0.4 is 9.47 Å². The fraction of sp³-hybridized carbons (Fsp3) is 0.392. The van der Waals surface area contributed by atoms with Crippen LogP contribution in [0.15, 0.2) is 94.2 Å². The molecule has 8 rings (SSSR count). The van der Waals surface area contributed by atoms with Crippen LogP contribution in [0, 0.1) is 6.57 Å². The Morgan fingerprint density at radius 3 is 1.48 bits per heavy atom. The minimum absolute atomic E-state index is 0. The summed E-state index contributed by atoms with van der Waals surface area (Å²) in [5.41, 5.74) is 4.01. The highest BCUT2D eigenvalue weighted by molar-refractivity contribution is 5.86. The molecule has 0 saturated heterocycles. The van der Waals surface area contributed by atoms with E-state index in [0.717, 1.165) is 78.1 Å². The van der Waals surface area contributed by atoms with Crippen molar-refractivity contribution in [2.24, 2.45) is 0 Å². The molecule has 0 amide bonds. The largest absolute Gasteiger partial charge is 0.493 e. The number of benzene rings is 4. The van der Waals surface area contributed by atoms with Gasteiger partial charge in [0.05, 0.1) is 24.0 Å². The third-order valence-corrected chi connectivity index (χ3v) is 11.1. The molecule has 0 aliphatic rings. The summed E-state index contributed by atoms with van der Waals surface area (Å²) in [6, 6.07) is 22.4. The maximum absolute atomic E-state index is 13.2. The van der Waals surface area contributed by atoms with E-state index in [1.165, 1.54) is 12.1 Å². The summed E-state index contributed by atoms with van der Waals surface area (Å²) >= 11 is 0. The van der Waals surface area contributed by atoms with Gasteiger partial charge in [0.2, 0.25) is 6.54 Å². The van der Waals surface area contributed by atoms with E-state index >= 15 is 0 Å². The lowest BCUT2D eigenvalue weighted by atomic mass is 10.0. The number of ether oxygens (including phenoxy) is 2. The van der Waals surface area contributed by atoms with E-state index in [0.29, 0.717) is 61.6 Å². The van der Waals surface area contributed by atoms with Crippen LogP contribution in [-0.4, -0.2) is 50.9 Å². The maximum atomic E-state index is 13.2. The number of fused-ring (bicyclic) bond motifs is 4. The highest BCUT2D eigenvalue weighted by atomic mass is 19.4. The molecule has 16 heteroatoms. The van der Waals surface area contributed by atoms with Crippen molar-refractivity contribution in [1.29, 1.82) is 0 Å². The predicted molar refractivity (Wildman–Crippen MR) is 250 cm³/mol. The van der Waals surface area contributed by atoms with Crippen molar-refractivity contribution in [3.63, 3.8) is 0 Å². The molecule has 0 bridgehead atoms. The lowest BCUT2D eigenvalue weighted by Crippen LogP contribution is -2.06. The minimum atomic E-state index is -4.56. The standard InChI is InChI=1S/C25H24F3N3O2.C24H25F3N2O3.2CH4/c1-3-5-19-22(9-7-20-23(19)33-30-24(20)25(26,27)28)32-15-4-13-31-14-11-18-16-17(10-12-29-2)6-8-21(18)31;1-2-4-18-21(8-6-19-22(18)32-28-23(19)24(25,26)27)31-14-3-11-29-12-9-17-15-16(10-13-30)5-7-20(17)29;;/h6-9,11,14,16H,3-5,10,12-13,15H2,1H3;5-9,12,15,30H,2-4,10-11,13-14H2,1H3;2*1H4. The van der Waals surface area contributed by atoms with E-state index in [9.17, 15) is 26.3 Å². The average Bonchev–Trinajstić information content (AvgIpc) is 4.09. The van der Waals surface area contributed by atoms with Gasteiger partial charge in [-0.15, -0.1) is 0 Å². The Labute approximate surface area is 385 Å². The smallest absolute Gasteiger partial charge is 0.437 e. The topological polar surface area (TPSA) is 105 Å². The number of hydrogen-bond donors (Lipinski definition) is 1. The summed E-state index contributed by atoms with van der Waals surface area (Å²) in [6.07, 6.45) is 0.343. The van der Waals surface area contributed by atoms with Crippen LogP contribution in [0.1, 0.15) is 88.0 Å². The number of hydrogen-bond acceptors (Lipinski definition) is 7. The van der Waals surface area contributed by atoms with Crippen LogP contribution in [0.4, 0.5) is 26.3 Å². The molecule has 0 atom stereocenters. The first-order valence-electron chi connectivity index (χ1n) is 21.7. The predicted octanol–water partition coefficient (Wildman–Crippen LogP) is 13.7. The zero-order valence-electron chi connectivity index (χ0n) is 36.1. The summed E-state index contributed by atoms with van der Waals surface area (Å²) in [5.74, 6) is 1.08. The molecule has 67 heavy (non-hydrogen) atoms. The van der Waals surface area contributed by atoms with Gasteiger partial charge in [-0.2, -0.15) is 26.3 Å². The molecule has 10 nitrogen and oxygen atoms in total. The van der Waals surface area contributed by atoms with Crippen LogP contribution >= 0.6 is 0 Å². The molecule has 358 valence electrons. The van der Waals surface area contributed by atoms with Gasteiger partial charge in [-0.3, -0.25) is 0 Å². The number of nitrogens with zero attached hydrogens (tertiary/aromatic N) is 5. The van der Waals surface area contributed by atoms with Crippen molar-refractivity contribution in [3.05, 3.63) is 130 Å². The Hall–Kier alpha value is -6.47.